The molecule has 1 aliphatic carbocycles. The van der Waals surface area contributed by atoms with Gasteiger partial charge in [0.1, 0.15) is 17.0 Å². The molecule has 4 atom stereocenters. The molecular weight excluding hydrogens is 450 g/mol. The predicted octanol–water partition coefficient (Wildman–Crippen LogP) is 5.62. The van der Waals surface area contributed by atoms with E-state index in [1.165, 1.54) is 25.8 Å². The number of hydrogen-bond donors (Lipinski definition) is 2. The van der Waals surface area contributed by atoms with Gasteiger partial charge >= 0.3 is 0 Å². The normalized spacial score (nSPS) is 29.5. The quantitative estimate of drug-likeness (QED) is 0.604. The van der Waals surface area contributed by atoms with Crippen LogP contribution >= 0.6 is 23.2 Å². The third kappa shape index (κ3) is 3.20. The number of anilines is 1. The monoisotopic (exact) mass is 474 g/mol. The van der Waals surface area contributed by atoms with E-state index in [1.54, 1.807) is 24.3 Å². The minimum Gasteiger partial charge on any atom is -0.325 e. The second kappa shape index (κ2) is 8.12. The van der Waals surface area contributed by atoms with Crippen molar-refractivity contribution in [2.45, 2.75) is 62.4 Å². The van der Waals surface area contributed by atoms with Crippen LogP contribution in [0.3, 0.4) is 0 Å². The first-order valence-corrected chi connectivity index (χ1v) is 11.9. The minimum absolute atomic E-state index is 0.0195. The van der Waals surface area contributed by atoms with E-state index in [0.29, 0.717) is 16.6 Å². The van der Waals surface area contributed by atoms with Crippen LogP contribution in [0, 0.1) is 11.7 Å². The molecule has 4 unspecified atom stereocenters. The van der Waals surface area contributed by atoms with Crippen molar-refractivity contribution in [3.8, 4) is 0 Å². The highest BCUT2D eigenvalue weighted by Crippen LogP contribution is 2.57. The molecule has 2 heterocycles. The van der Waals surface area contributed by atoms with Gasteiger partial charge in [0.2, 0.25) is 5.91 Å². The number of carbonyl (C=O) groups excluding carboxylic acids is 2. The number of ketones is 1. The van der Waals surface area contributed by atoms with Crippen LogP contribution in [-0.4, -0.2) is 23.8 Å². The molecule has 2 N–H and O–H groups in total. The summed E-state index contributed by atoms with van der Waals surface area (Å²) in [4.78, 5) is 26.7. The molecule has 1 amide bonds. The van der Waals surface area contributed by atoms with E-state index in [1.807, 2.05) is 6.07 Å². The zero-order valence-corrected chi connectivity index (χ0v) is 19.3. The Kier molecular flexibility index (Phi) is 5.55. The number of benzene rings is 2. The van der Waals surface area contributed by atoms with Crippen LogP contribution in [0.1, 0.15) is 56.1 Å². The van der Waals surface area contributed by atoms with Crippen LogP contribution in [0.2, 0.25) is 10.0 Å². The summed E-state index contributed by atoms with van der Waals surface area (Å²) in [7, 11) is 0. The van der Waals surface area contributed by atoms with Gasteiger partial charge in [0.25, 0.3) is 0 Å². The molecule has 1 saturated heterocycles. The summed E-state index contributed by atoms with van der Waals surface area (Å²) >= 11 is 12.4. The average molecular weight is 475 g/mol. The second-order valence-electron chi connectivity index (χ2n) is 9.33. The van der Waals surface area contributed by atoms with Crippen molar-refractivity contribution in [1.82, 2.24) is 5.32 Å². The first kappa shape index (κ1) is 21.9. The summed E-state index contributed by atoms with van der Waals surface area (Å²) in [6.45, 7) is 1.49. The summed E-state index contributed by atoms with van der Waals surface area (Å²) in [5.41, 5.74) is 0.537. The number of amides is 1. The van der Waals surface area contributed by atoms with Gasteiger partial charge in [-0.1, -0.05) is 67.1 Å². The zero-order valence-electron chi connectivity index (χ0n) is 17.8. The van der Waals surface area contributed by atoms with Crippen LogP contribution in [-0.2, 0) is 15.0 Å². The van der Waals surface area contributed by atoms with Gasteiger partial charge in [-0.3, -0.25) is 9.59 Å². The molecule has 1 spiro atoms. The molecule has 1 saturated carbocycles. The first-order chi connectivity index (χ1) is 15.3. The van der Waals surface area contributed by atoms with Crippen LogP contribution in [0.5, 0.6) is 0 Å². The van der Waals surface area contributed by atoms with Crippen molar-refractivity contribution >= 4 is 40.6 Å². The highest BCUT2D eigenvalue weighted by atomic mass is 35.5. The van der Waals surface area contributed by atoms with E-state index >= 15 is 4.39 Å². The number of hydrogen-bond acceptors (Lipinski definition) is 3. The van der Waals surface area contributed by atoms with E-state index in [4.69, 9.17) is 23.2 Å². The standard InChI is InChI=1S/C25H25Cl2FN2O2/c1-13(31)23-21(16-7-4-8-18(27)22(16)28)25(20(30-23)11-14-5-2-3-6-14)17-10-9-15(26)12-19(17)29-24(25)32/h4,7-10,12,14,20-21,23,30H,2-3,5-6,11H2,1H3,(H,29,32). The Labute approximate surface area is 196 Å². The molecule has 5 rings (SSSR count). The second-order valence-corrected chi connectivity index (χ2v) is 10.2. The fraction of sp³-hybridized carbons (Fsp3) is 0.440. The van der Waals surface area contributed by atoms with Gasteiger partial charge in [0, 0.05) is 22.7 Å². The molecule has 2 aliphatic heterocycles. The first-order valence-electron chi connectivity index (χ1n) is 11.2. The Morgan fingerprint density at radius 2 is 1.94 bits per heavy atom. The molecule has 7 heteroatoms. The maximum atomic E-state index is 15.4. The topological polar surface area (TPSA) is 58.2 Å². The largest absolute Gasteiger partial charge is 0.325 e. The molecule has 0 aromatic heterocycles. The number of carbonyl (C=O) groups is 2. The van der Waals surface area contributed by atoms with Crippen molar-refractivity contribution in [3.63, 3.8) is 0 Å². The summed E-state index contributed by atoms with van der Waals surface area (Å²) < 4.78 is 15.4. The van der Waals surface area contributed by atoms with Gasteiger partial charge in [-0.15, -0.1) is 0 Å². The van der Waals surface area contributed by atoms with Crippen LogP contribution in [0.25, 0.3) is 0 Å². The highest BCUT2D eigenvalue weighted by molar-refractivity contribution is 6.31. The fourth-order valence-corrected chi connectivity index (χ4v) is 6.63. The number of halogens is 3. The van der Waals surface area contributed by atoms with E-state index in [9.17, 15) is 9.59 Å². The maximum Gasteiger partial charge on any atom is 0.237 e. The number of nitrogens with one attached hydrogen (secondary N) is 2. The molecule has 0 bridgehead atoms. The van der Waals surface area contributed by atoms with Gasteiger partial charge in [-0.25, -0.2) is 4.39 Å². The smallest absolute Gasteiger partial charge is 0.237 e. The van der Waals surface area contributed by atoms with Crippen LogP contribution in [0.15, 0.2) is 36.4 Å². The number of rotatable bonds is 4. The minimum atomic E-state index is -1.13. The lowest BCUT2D eigenvalue weighted by atomic mass is 9.63. The van der Waals surface area contributed by atoms with E-state index in [0.717, 1.165) is 24.8 Å². The summed E-state index contributed by atoms with van der Waals surface area (Å²) in [6.07, 6.45) is 5.29. The Morgan fingerprint density at radius 3 is 2.66 bits per heavy atom. The Balaban J connectivity index is 1.75. The molecular formula is C25H25Cl2FN2O2. The third-order valence-electron chi connectivity index (χ3n) is 7.60. The van der Waals surface area contributed by atoms with E-state index < -0.39 is 23.2 Å². The third-order valence-corrected chi connectivity index (χ3v) is 8.13. The van der Waals surface area contributed by atoms with Crippen molar-refractivity contribution in [2.24, 2.45) is 5.92 Å². The zero-order chi connectivity index (χ0) is 22.6. The number of fused-ring (bicyclic) bond motifs is 2. The number of Topliss-reactive ketones (excluding diaryl/α,β-unsaturated/α-hetero) is 1. The van der Waals surface area contributed by atoms with Crippen molar-refractivity contribution < 1.29 is 14.0 Å². The lowest BCUT2D eigenvalue weighted by Gasteiger charge is -2.36. The van der Waals surface area contributed by atoms with Crippen LogP contribution in [0.4, 0.5) is 10.1 Å². The Bertz CT molecular complexity index is 1100. The molecule has 0 radical (unpaired) electrons. The van der Waals surface area contributed by atoms with Gasteiger partial charge in [0.05, 0.1) is 11.1 Å². The summed E-state index contributed by atoms with van der Waals surface area (Å²) in [6, 6.07) is 9.10. The lowest BCUT2D eigenvalue weighted by molar-refractivity contribution is -0.122. The van der Waals surface area contributed by atoms with Crippen molar-refractivity contribution in [1.29, 1.82) is 0 Å². The fourth-order valence-electron chi connectivity index (χ4n) is 6.28. The maximum absolute atomic E-state index is 15.4. The predicted molar refractivity (Wildman–Crippen MR) is 124 cm³/mol. The summed E-state index contributed by atoms with van der Waals surface area (Å²) in [5, 5.41) is 6.96. The van der Waals surface area contributed by atoms with Crippen LogP contribution < -0.4 is 10.6 Å². The molecule has 4 nitrogen and oxygen atoms in total. The SMILES string of the molecule is CC(=O)C1NC(CC2CCCC2)C2(C(=O)Nc3cc(Cl)ccc32)C1c1cccc(Cl)c1F. The average Bonchev–Trinajstić information content (AvgIpc) is 3.44. The van der Waals surface area contributed by atoms with Crippen molar-refractivity contribution in [3.05, 3.63) is 63.4 Å². The molecule has 168 valence electrons. The van der Waals surface area contributed by atoms with Gasteiger partial charge in [-0.05, 0) is 48.6 Å². The van der Waals surface area contributed by atoms with Gasteiger partial charge < -0.3 is 10.6 Å². The lowest BCUT2D eigenvalue weighted by Crippen LogP contribution is -2.49. The molecule has 2 aromatic carbocycles. The Hall–Kier alpha value is -1.95. The molecule has 3 aliphatic rings. The molecule has 2 fully saturated rings. The Morgan fingerprint density at radius 1 is 1.19 bits per heavy atom. The van der Waals surface area contributed by atoms with Gasteiger partial charge in [-0.2, -0.15) is 0 Å². The summed E-state index contributed by atoms with van der Waals surface area (Å²) in [5.74, 6) is -1.20. The van der Waals surface area contributed by atoms with Gasteiger partial charge in [0.15, 0.2) is 0 Å². The van der Waals surface area contributed by atoms with Crippen molar-refractivity contribution in [2.75, 3.05) is 5.32 Å². The van der Waals surface area contributed by atoms with E-state index in [-0.39, 0.29) is 28.3 Å². The van der Waals surface area contributed by atoms with E-state index in [2.05, 4.69) is 10.6 Å². The highest BCUT2D eigenvalue weighted by Gasteiger charge is 2.65. The molecule has 2 aromatic rings. The molecule has 32 heavy (non-hydrogen) atoms.